The van der Waals surface area contributed by atoms with Crippen LogP contribution >= 0.6 is 26.7 Å². The van der Waals surface area contributed by atoms with Crippen LogP contribution in [-0.2, 0) is 20.4 Å². The summed E-state index contributed by atoms with van der Waals surface area (Å²) in [7, 11) is -9.22. The molecule has 17 heteroatoms. The first-order valence-electron chi connectivity index (χ1n) is 11.7. The van der Waals surface area contributed by atoms with Gasteiger partial charge in [-0.1, -0.05) is 42.5 Å². The lowest BCUT2D eigenvalue weighted by Crippen LogP contribution is -2.37. The third-order valence-electron chi connectivity index (χ3n) is 6.25. The van der Waals surface area contributed by atoms with E-state index in [1.54, 1.807) is 0 Å². The van der Waals surface area contributed by atoms with Gasteiger partial charge in [0.15, 0.2) is 23.2 Å². The molecule has 0 aliphatic carbocycles. The van der Waals surface area contributed by atoms with Gasteiger partial charge in [-0.15, -0.1) is 0 Å². The van der Waals surface area contributed by atoms with Gasteiger partial charge in [0.2, 0.25) is 5.28 Å². The van der Waals surface area contributed by atoms with Crippen molar-refractivity contribution in [3.8, 4) is 0 Å². The van der Waals surface area contributed by atoms with Crippen LogP contribution < -0.4 is 10.4 Å². The number of rotatable bonds is 9. The number of benzene rings is 2. The largest absolute Gasteiger partial charge is 0.387 e. The third-order valence-corrected chi connectivity index (χ3v) is 10.1. The average molecular weight is 599 g/mol. The number of hydrogen-bond donors (Lipinski definition) is 7. The predicted molar refractivity (Wildman–Crippen MR) is 142 cm³/mol. The van der Waals surface area contributed by atoms with Crippen molar-refractivity contribution in [2.75, 3.05) is 17.8 Å². The highest BCUT2D eigenvalue weighted by Gasteiger charge is 2.45. The zero-order valence-corrected chi connectivity index (χ0v) is 22.6. The molecule has 1 aliphatic rings. The van der Waals surface area contributed by atoms with Crippen LogP contribution in [0, 0.1) is 0 Å². The molecule has 0 bridgehead atoms. The molecule has 14 nitrogen and oxygen atoms in total. The van der Waals surface area contributed by atoms with Gasteiger partial charge in [0.1, 0.15) is 24.2 Å². The quantitative estimate of drug-likeness (QED) is 0.108. The molecule has 7 N–H and O–H groups in total. The number of ether oxygens (including phenoxy) is 1. The Morgan fingerprint density at radius 2 is 1.77 bits per heavy atom. The molecule has 2 aromatic carbocycles. The maximum atomic E-state index is 12.1. The molecule has 1 saturated heterocycles. The SMILES string of the molecule is O=P(O)(O)CP(=O)(O)NCC1OC(n2cnc3c(NCc4cccc5ccccc45)nc(Cl)nc32)C(O)C1O. The zero-order valence-electron chi connectivity index (χ0n) is 20.1. The molecule has 0 amide bonds. The third kappa shape index (κ3) is 6.16. The summed E-state index contributed by atoms with van der Waals surface area (Å²) < 4.78 is 30.3. The Labute approximate surface area is 226 Å². The summed E-state index contributed by atoms with van der Waals surface area (Å²) in [5.41, 5.74) is 1.55. The van der Waals surface area contributed by atoms with Gasteiger partial charge in [0.25, 0.3) is 7.52 Å². The minimum atomic E-state index is -4.78. The van der Waals surface area contributed by atoms with E-state index >= 15 is 0 Å². The fourth-order valence-corrected chi connectivity index (χ4v) is 7.51. The molecule has 5 rings (SSSR count). The second kappa shape index (κ2) is 10.8. The van der Waals surface area contributed by atoms with Crippen LogP contribution in [-0.4, -0.2) is 75.2 Å². The number of aliphatic hydroxyl groups is 2. The van der Waals surface area contributed by atoms with E-state index in [9.17, 15) is 24.2 Å². The zero-order chi connectivity index (χ0) is 27.9. The number of fused-ring (bicyclic) bond motifs is 2. The number of imidazole rings is 1. The molecule has 39 heavy (non-hydrogen) atoms. The van der Waals surface area contributed by atoms with E-state index in [0.29, 0.717) is 17.9 Å². The number of aromatic nitrogens is 4. The highest BCUT2D eigenvalue weighted by molar-refractivity contribution is 7.71. The molecular formula is C22H25ClN6O8P2. The summed E-state index contributed by atoms with van der Waals surface area (Å²) in [6.07, 6.45) is -4.06. The summed E-state index contributed by atoms with van der Waals surface area (Å²) >= 11 is 6.19. The molecule has 2 aromatic heterocycles. The summed E-state index contributed by atoms with van der Waals surface area (Å²) in [6, 6.07) is 13.9. The summed E-state index contributed by atoms with van der Waals surface area (Å²) in [4.78, 5) is 40.6. The predicted octanol–water partition coefficient (Wildman–Crippen LogP) is 1.77. The van der Waals surface area contributed by atoms with Gasteiger partial charge in [-0.25, -0.2) is 10.1 Å². The Kier molecular flexibility index (Phi) is 7.79. The number of halogens is 1. The first-order valence-corrected chi connectivity index (χ1v) is 15.7. The second-order valence-corrected chi connectivity index (χ2v) is 13.6. The van der Waals surface area contributed by atoms with Crippen molar-refractivity contribution in [1.29, 1.82) is 0 Å². The maximum absolute atomic E-state index is 12.1. The van der Waals surface area contributed by atoms with Gasteiger partial charge in [-0.05, 0) is 27.9 Å². The lowest BCUT2D eigenvalue weighted by atomic mass is 10.0. The summed E-state index contributed by atoms with van der Waals surface area (Å²) in [5.74, 6) is -0.952. The second-order valence-electron chi connectivity index (χ2n) is 9.07. The molecule has 0 spiro atoms. The molecule has 3 heterocycles. The molecule has 1 fully saturated rings. The topological polar surface area (TPSA) is 212 Å². The first kappa shape index (κ1) is 28.1. The lowest BCUT2D eigenvalue weighted by Gasteiger charge is -2.19. The van der Waals surface area contributed by atoms with Gasteiger partial charge in [0.05, 0.1) is 6.33 Å². The molecular weight excluding hydrogens is 574 g/mol. The van der Waals surface area contributed by atoms with Crippen LogP contribution in [0.25, 0.3) is 21.9 Å². The molecule has 4 aromatic rings. The Bertz CT molecular complexity index is 1610. The van der Waals surface area contributed by atoms with Crippen LogP contribution in [0.15, 0.2) is 48.8 Å². The molecule has 5 unspecified atom stereocenters. The standard InChI is InChI=1S/C22H25ClN6O8P2/c23-22-27-19(24-8-13-6-3-5-12-4-1-2-7-14(12)13)16-20(28-22)29(10-25-16)21-18(31)17(30)15(37-21)9-26-38(32,33)11-39(34,35)36/h1-7,10,15,17-18,21,30-31H,8-9,11H2,(H,24,27,28)(H2,26,32,33)(H2,34,35,36). The molecule has 0 radical (unpaired) electrons. The monoisotopic (exact) mass is 598 g/mol. The fourth-order valence-electron chi connectivity index (χ4n) is 4.49. The minimum absolute atomic E-state index is 0.102. The van der Waals surface area contributed by atoms with Crippen LogP contribution in [0.4, 0.5) is 5.82 Å². The Morgan fingerprint density at radius 1 is 1.03 bits per heavy atom. The Hall–Kier alpha value is -2.48. The van der Waals surface area contributed by atoms with Crippen LogP contribution in [0.3, 0.4) is 0 Å². The Morgan fingerprint density at radius 3 is 2.54 bits per heavy atom. The minimum Gasteiger partial charge on any atom is -0.387 e. The van der Waals surface area contributed by atoms with Crippen LogP contribution in [0.1, 0.15) is 11.8 Å². The van der Waals surface area contributed by atoms with Crippen molar-refractivity contribution in [3.63, 3.8) is 0 Å². The molecule has 1 aliphatic heterocycles. The molecule has 208 valence electrons. The van der Waals surface area contributed by atoms with E-state index in [2.05, 4.69) is 25.4 Å². The number of nitrogens with one attached hydrogen (secondary N) is 2. The van der Waals surface area contributed by atoms with E-state index in [4.69, 9.17) is 26.1 Å². The summed E-state index contributed by atoms with van der Waals surface area (Å²) in [6.45, 7) is -0.0653. The van der Waals surface area contributed by atoms with E-state index in [0.717, 1.165) is 16.3 Å². The van der Waals surface area contributed by atoms with Gasteiger partial charge < -0.3 is 34.9 Å². The Balaban J connectivity index is 1.36. The fraction of sp³-hybridized carbons (Fsp3) is 0.318. The van der Waals surface area contributed by atoms with Gasteiger partial charge in [-0.3, -0.25) is 13.7 Å². The van der Waals surface area contributed by atoms with Crippen molar-refractivity contribution >= 4 is 54.5 Å². The normalized spacial score (nSPS) is 23.3. The summed E-state index contributed by atoms with van der Waals surface area (Å²) in [5, 5.41) is 28.6. The first-order chi connectivity index (χ1) is 18.4. The van der Waals surface area contributed by atoms with Crippen LogP contribution in [0.2, 0.25) is 5.28 Å². The average Bonchev–Trinajstić information content (AvgIpc) is 3.40. The number of nitrogens with zero attached hydrogens (tertiary/aromatic N) is 4. The van der Waals surface area contributed by atoms with Crippen molar-refractivity contribution < 1.29 is 38.8 Å². The van der Waals surface area contributed by atoms with Crippen molar-refractivity contribution in [2.24, 2.45) is 0 Å². The number of anilines is 1. The highest BCUT2D eigenvalue weighted by atomic mass is 35.5. The van der Waals surface area contributed by atoms with Crippen molar-refractivity contribution in [2.45, 2.75) is 31.1 Å². The van der Waals surface area contributed by atoms with E-state index in [1.807, 2.05) is 42.5 Å². The molecule has 0 saturated carbocycles. The van der Waals surface area contributed by atoms with E-state index in [1.165, 1.54) is 10.9 Å². The van der Waals surface area contributed by atoms with Crippen molar-refractivity contribution in [3.05, 3.63) is 59.6 Å². The number of hydrogen-bond acceptors (Lipinski definition) is 9. The lowest BCUT2D eigenvalue weighted by molar-refractivity contribution is -0.0331. The molecule has 5 atom stereocenters. The van der Waals surface area contributed by atoms with Gasteiger partial charge >= 0.3 is 7.60 Å². The smallest absolute Gasteiger partial charge is 0.336 e. The van der Waals surface area contributed by atoms with E-state index in [-0.39, 0.29) is 10.9 Å². The van der Waals surface area contributed by atoms with Gasteiger partial charge in [-0.2, -0.15) is 9.97 Å². The van der Waals surface area contributed by atoms with E-state index < -0.39 is 52.1 Å². The van der Waals surface area contributed by atoms with Gasteiger partial charge in [0, 0.05) is 13.1 Å². The van der Waals surface area contributed by atoms with Crippen molar-refractivity contribution in [1.82, 2.24) is 24.6 Å². The highest BCUT2D eigenvalue weighted by Crippen LogP contribution is 2.52. The maximum Gasteiger partial charge on any atom is 0.336 e. The number of aliphatic hydroxyl groups excluding tert-OH is 2. The van der Waals surface area contributed by atoms with Crippen LogP contribution in [0.5, 0.6) is 0 Å².